The molecule has 0 aliphatic heterocycles. The molecule has 0 aliphatic rings. The molecule has 2 atom stereocenters. The lowest BCUT2D eigenvalue weighted by atomic mass is 9.76. The summed E-state index contributed by atoms with van der Waals surface area (Å²) in [6.45, 7) is 14.3. The number of hydrogen-bond acceptors (Lipinski definition) is 2. The second kappa shape index (κ2) is 13.0. The van der Waals surface area contributed by atoms with Gasteiger partial charge < -0.3 is 0 Å². The average molecular weight is 582 g/mol. The Balaban J connectivity index is 2.59. The molecule has 2 aromatic carbocycles. The fourth-order valence-corrected chi connectivity index (χ4v) is 5.66. The van der Waals surface area contributed by atoms with Crippen LogP contribution in [0.1, 0.15) is 75.7 Å². The maximum Gasteiger partial charge on any atom is 0.410 e. The molecule has 3 rings (SSSR count). The van der Waals surface area contributed by atoms with E-state index < -0.39 is 33.5 Å². The third kappa shape index (κ3) is 6.39. The zero-order valence-corrected chi connectivity index (χ0v) is 25.2. The molecule has 1 aromatic heterocycles. The quantitative estimate of drug-likeness (QED) is 0.244. The monoisotopic (exact) mass is 581 g/mol. The van der Waals surface area contributed by atoms with Crippen LogP contribution in [-0.2, 0) is 16.5 Å². The van der Waals surface area contributed by atoms with Gasteiger partial charge in [0.2, 0.25) is 0 Å². The minimum Gasteiger partial charge on any atom is -0.245 e. The third-order valence-electron chi connectivity index (χ3n) is 6.67. The first-order valence-electron chi connectivity index (χ1n) is 13.4. The van der Waals surface area contributed by atoms with E-state index in [9.17, 15) is 17.4 Å². The standard InChI is InChI=1S/C33H38F3N3OS/c1-8-18-24(10-3)32(25-20-14-12-15-21-25,26-22-16-13-17-23-26)39-28(19-9-2)27(11-4)29(37-39)30(33(34,35)36)38-41(40)31(5,6)7/h8-23,30,38H,4H2,1-3,5-7H3. The van der Waals surface area contributed by atoms with Crippen LogP contribution in [0.3, 0.4) is 0 Å². The molecule has 0 bridgehead atoms. The lowest BCUT2D eigenvalue weighted by Gasteiger charge is -2.38. The number of hydrogen-bond donors (Lipinski definition) is 1. The molecule has 3 aromatic rings. The molecule has 2 unspecified atom stereocenters. The molecule has 0 radical (unpaired) electrons. The minimum atomic E-state index is -4.79. The summed E-state index contributed by atoms with van der Waals surface area (Å²) in [6, 6.07) is 16.9. The zero-order chi connectivity index (χ0) is 30.4. The predicted molar refractivity (Wildman–Crippen MR) is 164 cm³/mol. The molecule has 4 nitrogen and oxygen atoms in total. The molecule has 0 spiro atoms. The van der Waals surface area contributed by atoms with Crippen LogP contribution in [-0.4, -0.2) is 24.9 Å². The summed E-state index contributed by atoms with van der Waals surface area (Å²) in [4.78, 5) is 0. The van der Waals surface area contributed by atoms with Crippen molar-refractivity contribution in [2.75, 3.05) is 0 Å². The molecular weight excluding hydrogens is 543 g/mol. The van der Waals surface area contributed by atoms with E-state index in [0.29, 0.717) is 5.69 Å². The Labute approximate surface area is 244 Å². The molecule has 218 valence electrons. The summed E-state index contributed by atoms with van der Waals surface area (Å²) in [5.41, 5.74) is 1.61. The Bertz CT molecular complexity index is 1410. The zero-order valence-electron chi connectivity index (χ0n) is 24.4. The first-order valence-corrected chi connectivity index (χ1v) is 14.6. The number of nitrogens with one attached hydrogen (secondary N) is 1. The van der Waals surface area contributed by atoms with Crippen molar-refractivity contribution in [2.24, 2.45) is 0 Å². The van der Waals surface area contributed by atoms with E-state index in [2.05, 4.69) is 11.3 Å². The summed E-state index contributed by atoms with van der Waals surface area (Å²) >= 11 is 0. The van der Waals surface area contributed by atoms with Gasteiger partial charge in [0.1, 0.15) is 5.54 Å². The highest BCUT2D eigenvalue weighted by molar-refractivity contribution is 7.84. The predicted octanol–water partition coefficient (Wildman–Crippen LogP) is 8.53. The van der Waals surface area contributed by atoms with Crippen LogP contribution < -0.4 is 4.72 Å². The third-order valence-corrected chi connectivity index (χ3v) is 8.24. The van der Waals surface area contributed by atoms with Gasteiger partial charge in [-0.3, -0.25) is 0 Å². The van der Waals surface area contributed by atoms with Crippen molar-refractivity contribution < 1.29 is 17.4 Å². The molecule has 0 fully saturated rings. The van der Waals surface area contributed by atoms with Gasteiger partial charge in [0.25, 0.3) is 0 Å². The molecule has 1 N–H and O–H groups in total. The first-order chi connectivity index (χ1) is 19.4. The number of aromatic nitrogens is 2. The maximum atomic E-state index is 14.8. The molecule has 0 aliphatic carbocycles. The van der Waals surface area contributed by atoms with E-state index in [1.165, 1.54) is 6.08 Å². The van der Waals surface area contributed by atoms with Crippen LogP contribution in [0.4, 0.5) is 13.2 Å². The van der Waals surface area contributed by atoms with E-state index in [4.69, 9.17) is 5.10 Å². The fourth-order valence-electron chi connectivity index (χ4n) is 4.85. The Morgan fingerprint density at radius 3 is 1.88 bits per heavy atom. The Morgan fingerprint density at radius 1 is 0.951 bits per heavy atom. The van der Waals surface area contributed by atoms with E-state index in [1.54, 1.807) is 44.5 Å². The van der Waals surface area contributed by atoms with Gasteiger partial charge >= 0.3 is 6.18 Å². The Kier molecular flexibility index (Phi) is 10.2. The highest BCUT2D eigenvalue weighted by Gasteiger charge is 2.48. The van der Waals surface area contributed by atoms with Gasteiger partial charge in [-0.15, -0.1) is 0 Å². The van der Waals surface area contributed by atoms with Crippen molar-refractivity contribution in [3.63, 3.8) is 0 Å². The minimum absolute atomic E-state index is 0.205. The van der Waals surface area contributed by atoms with E-state index in [-0.39, 0.29) is 11.3 Å². The molecular formula is C33H38F3N3OS. The normalized spacial score (nSPS) is 15.0. The molecule has 0 saturated carbocycles. The molecule has 1 heterocycles. The number of halogens is 3. The van der Waals surface area contributed by atoms with Gasteiger partial charge in [-0.05, 0) is 64.3 Å². The number of rotatable bonds is 10. The van der Waals surface area contributed by atoms with Crippen molar-refractivity contribution in [3.8, 4) is 0 Å². The summed E-state index contributed by atoms with van der Waals surface area (Å²) in [5.74, 6) is 0. The van der Waals surface area contributed by atoms with Crippen LogP contribution in [0.5, 0.6) is 0 Å². The number of allylic oxidation sites excluding steroid dienone is 5. The second-order valence-electron chi connectivity index (χ2n) is 10.5. The summed E-state index contributed by atoms with van der Waals surface area (Å²) in [7, 11) is -2.03. The van der Waals surface area contributed by atoms with E-state index >= 15 is 0 Å². The Hall–Kier alpha value is -3.49. The number of benzene rings is 2. The van der Waals surface area contributed by atoms with Gasteiger partial charge in [0.05, 0.1) is 27.1 Å². The topological polar surface area (TPSA) is 46.9 Å². The van der Waals surface area contributed by atoms with Gasteiger partial charge in [-0.25, -0.2) is 13.6 Å². The van der Waals surface area contributed by atoms with Crippen LogP contribution in [0.2, 0.25) is 0 Å². The summed E-state index contributed by atoms with van der Waals surface area (Å²) in [5, 5.41) is 4.78. The number of nitrogens with zero attached hydrogens (tertiary/aromatic N) is 2. The highest BCUT2D eigenvalue weighted by Crippen LogP contribution is 2.45. The summed E-state index contributed by atoms with van der Waals surface area (Å²) < 4.78 is 60.3. The van der Waals surface area contributed by atoms with E-state index in [0.717, 1.165) is 16.7 Å². The SMILES string of the molecule is C=Cc1c(C(NS(=O)C(C)(C)C)C(F)(F)F)nn(C(C(C=CC)=CC)(c2ccccc2)c2ccccc2)c1C=CC. The Morgan fingerprint density at radius 2 is 1.49 bits per heavy atom. The van der Waals surface area contributed by atoms with Crippen molar-refractivity contribution in [1.29, 1.82) is 0 Å². The van der Waals surface area contributed by atoms with Crippen LogP contribution in [0, 0.1) is 0 Å². The number of alkyl halides is 3. The lowest BCUT2D eigenvalue weighted by molar-refractivity contribution is -0.153. The van der Waals surface area contributed by atoms with Crippen LogP contribution >= 0.6 is 0 Å². The lowest BCUT2D eigenvalue weighted by Crippen LogP contribution is -2.43. The van der Waals surface area contributed by atoms with Gasteiger partial charge in [0.15, 0.2) is 6.04 Å². The van der Waals surface area contributed by atoms with Crippen molar-refractivity contribution in [3.05, 3.63) is 125 Å². The molecule has 0 saturated heterocycles. The first kappa shape index (κ1) is 32.0. The molecule has 41 heavy (non-hydrogen) atoms. The van der Waals surface area contributed by atoms with Gasteiger partial charge in [-0.2, -0.15) is 18.3 Å². The fraction of sp³-hybridized carbons (Fsp3) is 0.303. The summed E-state index contributed by atoms with van der Waals surface area (Å²) in [6.07, 6.45) is 5.90. The van der Waals surface area contributed by atoms with Crippen LogP contribution in [0.15, 0.2) is 97.1 Å². The smallest absolute Gasteiger partial charge is 0.245 e. The van der Waals surface area contributed by atoms with Crippen LogP contribution in [0.25, 0.3) is 12.2 Å². The van der Waals surface area contributed by atoms with Gasteiger partial charge in [0, 0.05) is 5.56 Å². The van der Waals surface area contributed by atoms with Crippen molar-refractivity contribution >= 4 is 23.1 Å². The van der Waals surface area contributed by atoms with E-state index in [1.807, 2.05) is 92.7 Å². The molecule has 0 amide bonds. The largest absolute Gasteiger partial charge is 0.410 e. The van der Waals surface area contributed by atoms with Crippen molar-refractivity contribution in [2.45, 2.75) is 64.0 Å². The molecule has 8 heteroatoms. The maximum absolute atomic E-state index is 14.8. The van der Waals surface area contributed by atoms with Gasteiger partial charge in [-0.1, -0.05) is 97.6 Å². The highest BCUT2D eigenvalue weighted by atomic mass is 32.2. The second-order valence-corrected chi connectivity index (χ2v) is 12.5. The van der Waals surface area contributed by atoms with Crippen molar-refractivity contribution in [1.82, 2.24) is 14.5 Å². The average Bonchev–Trinajstić information content (AvgIpc) is 3.29.